The number of fused-ring (bicyclic) bond motifs is 1. The molecule has 22 heavy (non-hydrogen) atoms. The van der Waals surface area contributed by atoms with Gasteiger partial charge in [0.05, 0.1) is 12.2 Å². The predicted molar refractivity (Wildman–Crippen MR) is 77.9 cm³/mol. The fraction of sp³-hybridized carbons (Fsp3) is 0.0714. The number of halogens is 2. The van der Waals surface area contributed by atoms with E-state index in [-0.39, 0.29) is 23.1 Å². The van der Waals surface area contributed by atoms with Crippen LogP contribution in [0.3, 0.4) is 0 Å². The molecule has 1 heterocycles. The molecule has 2 aromatic rings. The van der Waals surface area contributed by atoms with E-state index in [2.05, 4.69) is 15.0 Å². The molecule has 0 radical (unpaired) electrons. The van der Waals surface area contributed by atoms with E-state index < -0.39 is 21.7 Å². The van der Waals surface area contributed by atoms with Crippen molar-refractivity contribution in [3.63, 3.8) is 0 Å². The van der Waals surface area contributed by atoms with Gasteiger partial charge in [-0.3, -0.25) is 0 Å². The second kappa shape index (κ2) is 5.38. The summed E-state index contributed by atoms with van der Waals surface area (Å²) in [5.74, 6) is -1.12. The Morgan fingerprint density at radius 2 is 1.86 bits per heavy atom. The second-order valence-corrected chi connectivity index (χ2v) is 6.28. The van der Waals surface area contributed by atoms with E-state index in [9.17, 15) is 17.2 Å². The van der Waals surface area contributed by atoms with Crippen LogP contribution in [0.4, 0.5) is 14.5 Å². The number of benzene rings is 2. The van der Waals surface area contributed by atoms with Crippen LogP contribution in [-0.2, 0) is 16.6 Å². The van der Waals surface area contributed by atoms with Gasteiger partial charge in [0.1, 0.15) is 16.5 Å². The highest BCUT2D eigenvalue weighted by atomic mass is 32.2. The molecule has 0 fully saturated rings. The van der Waals surface area contributed by atoms with Gasteiger partial charge in [-0.25, -0.2) is 26.9 Å². The minimum atomic E-state index is -3.91. The van der Waals surface area contributed by atoms with E-state index >= 15 is 0 Å². The molecule has 0 spiro atoms. The maximum atomic E-state index is 13.5. The SMILES string of the molecule is O=S1(=O)NC(=NCc2ccccc2F)Nc2ccc(F)cc21. The Morgan fingerprint density at radius 3 is 2.64 bits per heavy atom. The smallest absolute Gasteiger partial charge is 0.266 e. The van der Waals surface area contributed by atoms with Crippen LogP contribution in [0.25, 0.3) is 0 Å². The van der Waals surface area contributed by atoms with Crippen molar-refractivity contribution in [2.45, 2.75) is 11.4 Å². The lowest BCUT2D eigenvalue weighted by Gasteiger charge is -2.21. The lowest BCUT2D eigenvalue weighted by Crippen LogP contribution is -2.40. The zero-order valence-corrected chi connectivity index (χ0v) is 12.0. The van der Waals surface area contributed by atoms with Crippen LogP contribution in [0.2, 0.25) is 0 Å². The standard InChI is InChI=1S/C14H11F2N3O2S/c15-10-5-6-12-13(7-10)22(20,21)19-14(18-12)17-8-9-3-1-2-4-11(9)16/h1-7H,8H2,(H2,17,18,19). The molecule has 0 aromatic heterocycles. The molecule has 1 aliphatic heterocycles. The number of aliphatic imine (C=N–C) groups is 1. The van der Waals surface area contributed by atoms with Gasteiger partial charge < -0.3 is 5.32 Å². The molecule has 0 amide bonds. The van der Waals surface area contributed by atoms with Crippen molar-refractivity contribution in [3.05, 3.63) is 59.7 Å². The number of sulfonamides is 1. The van der Waals surface area contributed by atoms with Crippen molar-refractivity contribution in [1.29, 1.82) is 0 Å². The molecule has 114 valence electrons. The zero-order valence-electron chi connectivity index (χ0n) is 11.2. The highest BCUT2D eigenvalue weighted by molar-refractivity contribution is 7.90. The first-order valence-electron chi connectivity index (χ1n) is 6.33. The van der Waals surface area contributed by atoms with Gasteiger partial charge in [-0.1, -0.05) is 18.2 Å². The number of nitrogens with one attached hydrogen (secondary N) is 2. The molecule has 2 aromatic carbocycles. The van der Waals surface area contributed by atoms with Gasteiger partial charge in [0.2, 0.25) is 5.96 Å². The Bertz CT molecular complexity index is 866. The Balaban J connectivity index is 1.91. The number of guanidine groups is 1. The average molecular weight is 323 g/mol. The van der Waals surface area contributed by atoms with Gasteiger partial charge in [0.25, 0.3) is 10.0 Å². The van der Waals surface area contributed by atoms with Gasteiger partial charge in [-0.15, -0.1) is 0 Å². The van der Waals surface area contributed by atoms with E-state index in [0.717, 1.165) is 12.1 Å². The normalized spacial score (nSPS) is 17.5. The molecule has 0 bridgehead atoms. The van der Waals surface area contributed by atoms with Crippen LogP contribution in [0.15, 0.2) is 52.4 Å². The van der Waals surface area contributed by atoms with Crippen LogP contribution < -0.4 is 10.0 Å². The molecule has 0 atom stereocenters. The lowest BCUT2D eigenvalue weighted by atomic mass is 10.2. The van der Waals surface area contributed by atoms with Crippen molar-refractivity contribution in [1.82, 2.24) is 4.72 Å². The summed E-state index contributed by atoms with van der Waals surface area (Å²) in [6.45, 7) is -0.0337. The quantitative estimate of drug-likeness (QED) is 0.890. The zero-order chi connectivity index (χ0) is 15.7. The summed E-state index contributed by atoms with van der Waals surface area (Å²) >= 11 is 0. The second-order valence-electron chi connectivity index (χ2n) is 4.63. The van der Waals surface area contributed by atoms with Gasteiger partial charge >= 0.3 is 0 Å². The minimum Gasteiger partial charge on any atom is -0.324 e. The third-order valence-corrected chi connectivity index (χ3v) is 4.46. The summed E-state index contributed by atoms with van der Waals surface area (Å²) < 4.78 is 52.9. The first kappa shape index (κ1) is 14.5. The molecule has 5 nitrogen and oxygen atoms in total. The maximum Gasteiger partial charge on any atom is 0.266 e. The molecule has 8 heteroatoms. The van der Waals surface area contributed by atoms with Crippen molar-refractivity contribution in [3.8, 4) is 0 Å². The molecule has 0 saturated heterocycles. The largest absolute Gasteiger partial charge is 0.324 e. The Labute approximate surface area is 125 Å². The third-order valence-electron chi connectivity index (χ3n) is 3.08. The van der Waals surface area contributed by atoms with Crippen molar-refractivity contribution in [2.24, 2.45) is 4.99 Å². The van der Waals surface area contributed by atoms with Crippen molar-refractivity contribution in [2.75, 3.05) is 5.32 Å². The van der Waals surface area contributed by atoms with Crippen LogP contribution in [0, 0.1) is 11.6 Å². The fourth-order valence-corrected chi connectivity index (χ4v) is 3.18. The van der Waals surface area contributed by atoms with Gasteiger partial charge in [0, 0.05) is 5.56 Å². The minimum absolute atomic E-state index is 0.0337. The molecule has 0 unspecified atom stereocenters. The first-order valence-corrected chi connectivity index (χ1v) is 7.81. The Morgan fingerprint density at radius 1 is 1.09 bits per heavy atom. The topological polar surface area (TPSA) is 70.6 Å². The number of rotatable bonds is 2. The molecule has 3 rings (SSSR count). The summed E-state index contributed by atoms with van der Waals surface area (Å²) in [7, 11) is -3.91. The molecular weight excluding hydrogens is 312 g/mol. The molecule has 0 aliphatic carbocycles. The van der Waals surface area contributed by atoms with E-state index in [1.807, 2.05) is 0 Å². The predicted octanol–water partition coefficient (Wildman–Crippen LogP) is 2.22. The first-order chi connectivity index (χ1) is 10.5. The monoisotopic (exact) mass is 323 g/mol. The van der Waals surface area contributed by atoms with Crippen LogP contribution >= 0.6 is 0 Å². The average Bonchev–Trinajstić information content (AvgIpc) is 2.47. The maximum absolute atomic E-state index is 13.5. The van der Waals surface area contributed by atoms with Crippen molar-refractivity contribution >= 4 is 21.7 Å². The Kier molecular flexibility index (Phi) is 3.53. The number of hydrogen-bond donors (Lipinski definition) is 2. The Hall–Kier alpha value is -2.48. The molecule has 0 saturated carbocycles. The fourth-order valence-electron chi connectivity index (χ4n) is 2.02. The highest BCUT2D eigenvalue weighted by Crippen LogP contribution is 2.25. The molecular formula is C14H11F2N3O2S. The molecule has 1 aliphatic rings. The number of nitrogens with zero attached hydrogens (tertiary/aromatic N) is 1. The number of anilines is 1. The molecule has 2 N–H and O–H groups in total. The van der Waals surface area contributed by atoms with Crippen LogP contribution in [0.1, 0.15) is 5.56 Å². The van der Waals surface area contributed by atoms with Gasteiger partial charge in [-0.05, 0) is 24.3 Å². The van der Waals surface area contributed by atoms with E-state index in [1.165, 1.54) is 12.1 Å². The van der Waals surface area contributed by atoms with Crippen LogP contribution in [0.5, 0.6) is 0 Å². The lowest BCUT2D eigenvalue weighted by molar-refractivity contribution is 0.586. The third kappa shape index (κ3) is 2.77. The van der Waals surface area contributed by atoms with Crippen LogP contribution in [-0.4, -0.2) is 14.4 Å². The highest BCUT2D eigenvalue weighted by Gasteiger charge is 2.26. The van der Waals surface area contributed by atoms with Gasteiger partial charge in [0.15, 0.2) is 0 Å². The summed E-state index contributed by atoms with van der Waals surface area (Å²) in [6, 6.07) is 9.43. The summed E-state index contributed by atoms with van der Waals surface area (Å²) in [5, 5.41) is 2.74. The van der Waals surface area contributed by atoms with Crippen molar-refractivity contribution < 1.29 is 17.2 Å². The summed E-state index contributed by atoms with van der Waals surface area (Å²) in [4.78, 5) is 3.82. The number of hydrogen-bond acceptors (Lipinski definition) is 3. The van der Waals surface area contributed by atoms with E-state index in [4.69, 9.17) is 0 Å². The van der Waals surface area contributed by atoms with E-state index in [0.29, 0.717) is 5.56 Å². The summed E-state index contributed by atoms with van der Waals surface area (Å²) in [6.07, 6.45) is 0. The summed E-state index contributed by atoms with van der Waals surface area (Å²) in [5.41, 5.74) is 0.549. The van der Waals surface area contributed by atoms with E-state index in [1.54, 1.807) is 18.2 Å². The van der Waals surface area contributed by atoms with Gasteiger partial charge in [-0.2, -0.15) is 0 Å².